The zero-order valence-corrected chi connectivity index (χ0v) is 18.5. The zero-order valence-electron chi connectivity index (χ0n) is 18.5. The Balaban J connectivity index is 1.58. The number of anilines is 1. The van der Waals surface area contributed by atoms with E-state index in [0.717, 1.165) is 40.6 Å². The molecule has 8 heteroatoms. The Labute approximate surface area is 187 Å². The molecule has 0 aliphatic heterocycles. The Morgan fingerprint density at radius 1 is 1.09 bits per heavy atom. The fourth-order valence-corrected chi connectivity index (χ4v) is 3.72. The van der Waals surface area contributed by atoms with Crippen molar-refractivity contribution >= 4 is 34.2 Å². The number of aromatic hydroxyl groups is 1. The summed E-state index contributed by atoms with van der Waals surface area (Å²) in [6.07, 6.45) is 6.34. The molecule has 0 aliphatic carbocycles. The Hall–Kier alpha value is -3.68. The second-order valence-electron chi connectivity index (χ2n) is 7.57. The van der Waals surface area contributed by atoms with Gasteiger partial charge in [-0.1, -0.05) is 44.4 Å². The molecule has 0 unspecified atom stereocenters. The van der Waals surface area contributed by atoms with Gasteiger partial charge in [0.2, 0.25) is 0 Å². The summed E-state index contributed by atoms with van der Waals surface area (Å²) >= 11 is 0. The van der Waals surface area contributed by atoms with Crippen LogP contribution in [0.4, 0.5) is 5.95 Å². The third-order valence-corrected chi connectivity index (χ3v) is 5.27. The summed E-state index contributed by atoms with van der Waals surface area (Å²) < 4.78 is 7.63. The number of para-hydroxylation sites is 1. The third kappa shape index (κ3) is 4.64. The fraction of sp³-hybridized carbons (Fsp3) is 0.333. The van der Waals surface area contributed by atoms with Crippen molar-refractivity contribution in [1.82, 2.24) is 19.7 Å². The quantitative estimate of drug-likeness (QED) is 0.205. The summed E-state index contributed by atoms with van der Waals surface area (Å²) in [6, 6.07) is 13.3. The number of aromatic nitrogens is 4. The van der Waals surface area contributed by atoms with Gasteiger partial charge in [-0.3, -0.25) is 0 Å². The van der Waals surface area contributed by atoms with Gasteiger partial charge < -0.3 is 14.4 Å². The molecule has 2 aromatic heterocycles. The van der Waals surface area contributed by atoms with Crippen LogP contribution in [0.5, 0.6) is 11.5 Å². The van der Waals surface area contributed by atoms with Gasteiger partial charge in [-0.05, 0) is 43.2 Å². The first kappa shape index (κ1) is 21.5. The van der Waals surface area contributed by atoms with E-state index >= 15 is 0 Å². The molecule has 4 rings (SSSR count). The average Bonchev–Trinajstić information content (AvgIpc) is 3.12. The van der Waals surface area contributed by atoms with E-state index in [4.69, 9.17) is 9.72 Å². The molecule has 32 heavy (non-hydrogen) atoms. The number of benzene rings is 2. The fourth-order valence-electron chi connectivity index (χ4n) is 3.72. The lowest BCUT2D eigenvalue weighted by atomic mass is 10.2. The molecule has 0 amide bonds. The minimum Gasteiger partial charge on any atom is -0.504 e. The summed E-state index contributed by atoms with van der Waals surface area (Å²) in [5, 5.41) is 23.8. The predicted molar refractivity (Wildman–Crippen MR) is 127 cm³/mol. The van der Waals surface area contributed by atoms with Gasteiger partial charge in [-0.15, -0.1) is 10.2 Å². The van der Waals surface area contributed by atoms with Crippen molar-refractivity contribution in [2.75, 3.05) is 12.0 Å². The first-order valence-electron chi connectivity index (χ1n) is 11.1. The van der Waals surface area contributed by atoms with Gasteiger partial charge in [0, 0.05) is 11.9 Å². The van der Waals surface area contributed by atoms with Crippen LogP contribution in [0.2, 0.25) is 0 Å². The lowest BCUT2D eigenvalue weighted by molar-refractivity contribution is 0.318. The smallest absolute Gasteiger partial charge is 0.265 e. The first-order chi connectivity index (χ1) is 15.7. The van der Waals surface area contributed by atoms with Gasteiger partial charge in [0.25, 0.3) is 5.95 Å². The Bertz CT molecular complexity index is 1230. The summed E-state index contributed by atoms with van der Waals surface area (Å²) in [7, 11) is 0. The van der Waals surface area contributed by atoms with Crippen LogP contribution in [-0.2, 0) is 6.54 Å². The number of hydrogen-bond acceptors (Lipinski definition) is 7. The highest BCUT2D eigenvalue weighted by Gasteiger charge is 2.14. The van der Waals surface area contributed by atoms with Crippen LogP contribution < -0.4 is 10.2 Å². The summed E-state index contributed by atoms with van der Waals surface area (Å²) in [6.45, 7) is 5.44. The lowest BCUT2D eigenvalue weighted by Gasteiger charge is -2.07. The van der Waals surface area contributed by atoms with Crippen molar-refractivity contribution < 1.29 is 9.84 Å². The molecule has 0 atom stereocenters. The summed E-state index contributed by atoms with van der Waals surface area (Å²) in [5.41, 5.74) is 6.36. The maximum atomic E-state index is 9.83. The maximum absolute atomic E-state index is 9.83. The molecule has 0 saturated heterocycles. The van der Waals surface area contributed by atoms with Crippen LogP contribution in [0.1, 0.15) is 45.1 Å². The van der Waals surface area contributed by atoms with Crippen molar-refractivity contribution in [1.29, 1.82) is 0 Å². The first-order valence-corrected chi connectivity index (χ1v) is 11.1. The molecule has 0 aliphatic rings. The molecular formula is C24H28N6O2. The highest BCUT2D eigenvalue weighted by Crippen LogP contribution is 2.27. The number of nitrogens with one attached hydrogen (secondary N) is 1. The molecule has 4 aromatic rings. The molecule has 2 aromatic carbocycles. The molecule has 8 nitrogen and oxygen atoms in total. The van der Waals surface area contributed by atoms with Crippen molar-refractivity contribution in [3.8, 4) is 11.5 Å². The molecule has 0 fully saturated rings. The van der Waals surface area contributed by atoms with Crippen LogP contribution in [0.3, 0.4) is 0 Å². The molecule has 0 saturated carbocycles. The molecule has 0 spiro atoms. The third-order valence-electron chi connectivity index (χ3n) is 5.27. The number of hydrogen-bond donors (Lipinski definition) is 2. The minimum absolute atomic E-state index is 0.0988. The number of aryl methyl sites for hydroxylation is 1. The molecule has 2 N–H and O–H groups in total. The van der Waals surface area contributed by atoms with E-state index in [0.29, 0.717) is 18.3 Å². The predicted octanol–water partition coefficient (Wildman–Crippen LogP) is 5.11. The minimum atomic E-state index is 0.0988. The summed E-state index contributed by atoms with van der Waals surface area (Å²) in [4.78, 5) is 4.70. The van der Waals surface area contributed by atoms with Gasteiger partial charge in [-0.2, -0.15) is 10.1 Å². The van der Waals surface area contributed by atoms with Gasteiger partial charge in [0.15, 0.2) is 17.1 Å². The van der Waals surface area contributed by atoms with Crippen molar-refractivity contribution in [2.45, 2.75) is 46.1 Å². The van der Waals surface area contributed by atoms with Crippen LogP contribution in [0, 0.1) is 0 Å². The number of unbranched alkanes of at least 4 members (excludes halogenated alkanes) is 3. The van der Waals surface area contributed by atoms with Crippen LogP contribution in [-0.4, -0.2) is 37.7 Å². The van der Waals surface area contributed by atoms with Crippen molar-refractivity contribution in [2.24, 2.45) is 5.10 Å². The molecule has 2 heterocycles. The van der Waals surface area contributed by atoms with E-state index in [1.165, 1.54) is 19.3 Å². The van der Waals surface area contributed by atoms with E-state index in [1.54, 1.807) is 24.4 Å². The van der Waals surface area contributed by atoms with E-state index in [2.05, 4.69) is 44.3 Å². The van der Waals surface area contributed by atoms with Crippen LogP contribution in [0.15, 0.2) is 47.6 Å². The molecule has 0 radical (unpaired) electrons. The largest absolute Gasteiger partial charge is 0.504 e. The Morgan fingerprint density at radius 2 is 1.97 bits per heavy atom. The number of phenols is 1. The highest BCUT2D eigenvalue weighted by atomic mass is 16.5. The number of fused-ring (bicyclic) bond motifs is 3. The van der Waals surface area contributed by atoms with Gasteiger partial charge in [0.05, 0.1) is 18.3 Å². The van der Waals surface area contributed by atoms with E-state index in [1.807, 2.05) is 19.1 Å². The van der Waals surface area contributed by atoms with Crippen LogP contribution in [0.25, 0.3) is 22.1 Å². The molecule has 166 valence electrons. The SMILES string of the molecule is CCCCCCn1c2ccccc2c2nnc(N/N=C/c3ccc(O)c(OCC)c3)nc21. The monoisotopic (exact) mass is 432 g/mol. The zero-order chi connectivity index (χ0) is 22.3. The van der Waals surface area contributed by atoms with E-state index < -0.39 is 0 Å². The maximum Gasteiger partial charge on any atom is 0.265 e. The molecule has 0 bridgehead atoms. The normalized spacial score (nSPS) is 11.6. The number of ether oxygens (including phenoxy) is 1. The van der Waals surface area contributed by atoms with Crippen LogP contribution >= 0.6 is 0 Å². The second-order valence-corrected chi connectivity index (χ2v) is 7.57. The molecular weight excluding hydrogens is 404 g/mol. The number of nitrogens with zero attached hydrogens (tertiary/aromatic N) is 5. The van der Waals surface area contributed by atoms with E-state index in [9.17, 15) is 5.11 Å². The summed E-state index contributed by atoms with van der Waals surface area (Å²) in [5.74, 6) is 0.847. The van der Waals surface area contributed by atoms with Gasteiger partial charge >= 0.3 is 0 Å². The van der Waals surface area contributed by atoms with Gasteiger partial charge in [-0.25, -0.2) is 5.43 Å². The number of rotatable bonds is 10. The number of hydrazone groups is 1. The van der Waals surface area contributed by atoms with Crippen molar-refractivity contribution in [3.05, 3.63) is 48.0 Å². The number of phenolic OH excluding ortho intramolecular Hbond substituents is 1. The second kappa shape index (κ2) is 10.1. The standard InChI is InChI=1S/C24H28N6O2/c1-3-5-6-9-14-30-19-11-8-7-10-18(19)22-23(30)26-24(29-27-22)28-25-16-17-12-13-20(31)21(15-17)32-4-2/h7-8,10-13,15-16,31H,3-6,9,14H2,1-2H3,(H,26,28,29)/b25-16+. The average molecular weight is 433 g/mol. The van der Waals surface area contributed by atoms with Gasteiger partial charge in [0.1, 0.15) is 5.52 Å². The topological polar surface area (TPSA) is 97.5 Å². The highest BCUT2D eigenvalue weighted by molar-refractivity contribution is 6.04. The van der Waals surface area contributed by atoms with Crippen molar-refractivity contribution in [3.63, 3.8) is 0 Å². The Kier molecular flexibility index (Phi) is 6.79. The Morgan fingerprint density at radius 3 is 2.81 bits per heavy atom. The lowest BCUT2D eigenvalue weighted by Crippen LogP contribution is -2.03. The van der Waals surface area contributed by atoms with E-state index in [-0.39, 0.29) is 5.75 Å².